The summed E-state index contributed by atoms with van der Waals surface area (Å²) in [5, 5.41) is 0. The first-order valence-electron chi connectivity index (χ1n) is 5.45. The molecule has 0 amide bonds. The molecule has 0 aliphatic carbocycles. The van der Waals surface area contributed by atoms with Crippen LogP contribution in [-0.2, 0) is 6.18 Å². The highest BCUT2D eigenvalue weighted by atomic mass is 35.5. The molecule has 102 valence electrons. The molecule has 0 atom stereocenters. The van der Waals surface area contributed by atoms with Gasteiger partial charge in [0.1, 0.15) is 0 Å². The molecule has 0 unspecified atom stereocenters. The summed E-state index contributed by atoms with van der Waals surface area (Å²) < 4.78 is 38.9. The third kappa shape index (κ3) is 3.95. The van der Waals surface area contributed by atoms with Crippen molar-refractivity contribution in [3.05, 3.63) is 29.3 Å². The molecule has 0 spiro atoms. The molecule has 1 rings (SSSR count). The van der Waals surface area contributed by atoms with Crippen molar-refractivity contribution in [3.63, 3.8) is 0 Å². The van der Waals surface area contributed by atoms with Crippen LogP contribution in [0.2, 0.25) is 0 Å². The van der Waals surface area contributed by atoms with E-state index in [0.29, 0.717) is 18.7 Å². The Bertz CT molecular complexity index is 387. The van der Waals surface area contributed by atoms with E-state index in [1.807, 2.05) is 0 Å². The maximum absolute atomic E-state index is 13.0. The lowest BCUT2D eigenvalue weighted by Crippen LogP contribution is -2.29. The van der Waals surface area contributed by atoms with Crippen LogP contribution in [0.4, 0.5) is 18.9 Å². The molecule has 1 aromatic rings. The van der Waals surface area contributed by atoms with Crippen LogP contribution >= 0.6 is 23.2 Å². The summed E-state index contributed by atoms with van der Waals surface area (Å²) in [5.41, 5.74) is 0.0647. The molecule has 0 bridgehead atoms. The Labute approximate surface area is 114 Å². The molecule has 18 heavy (non-hydrogen) atoms. The molecule has 0 saturated heterocycles. The van der Waals surface area contributed by atoms with E-state index in [1.54, 1.807) is 17.9 Å². The first-order chi connectivity index (χ1) is 8.40. The van der Waals surface area contributed by atoms with Crippen molar-refractivity contribution in [2.24, 2.45) is 0 Å². The van der Waals surface area contributed by atoms with E-state index in [-0.39, 0.29) is 17.4 Å². The number of nitrogens with zero attached hydrogens (tertiary/aromatic N) is 1. The molecule has 0 fully saturated rings. The Balaban J connectivity index is 3.20. The predicted octanol–water partition coefficient (Wildman–Crippen LogP) is 4.30. The molecule has 0 radical (unpaired) electrons. The summed E-state index contributed by atoms with van der Waals surface area (Å²) in [6.45, 7) is 2.30. The highest BCUT2D eigenvalue weighted by Gasteiger charge is 2.34. The largest absolute Gasteiger partial charge is 0.418 e. The zero-order valence-corrected chi connectivity index (χ0v) is 11.4. The Morgan fingerprint density at radius 2 is 1.67 bits per heavy atom. The van der Waals surface area contributed by atoms with Gasteiger partial charge in [0.2, 0.25) is 0 Å². The number of hydrogen-bond donors (Lipinski definition) is 0. The molecule has 1 aromatic carbocycles. The first-order valence-corrected chi connectivity index (χ1v) is 6.51. The molecule has 0 aromatic heterocycles. The lowest BCUT2D eigenvalue weighted by atomic mass is 10.1. The Kier molecular flexibility index (Phi) is 5.60. The second-order valence-corrected chi connectivity index (χ2v) is 4.64. The monoisotopic (exact) mass is 299 g/mol. The van der Waals surface area contributed by atoms with Gasteiger partial charge < -0.3 is 4.90 Å². The summed E-state index contributed by atoms with van der Waals surface area (Å²) in [6.07, 6.45) is -4.38. The van der Waals surface area contributed by atoms with Gasteiger partial charge in [-0.05, 0) is 19.1 Å². The van der Waals surface area contributed by atoms with E-state index in [1.165, 1.54) is 6.07 Å². The topological polar surface area (TPSA) is 3.24 Å². The van der Waals surface area contributed by atoms with Crippen LogP contribution in [0, 0.1) is 6.92 Å². The number of hydrogen-bond acceptors (Lipinski definition) is 1. The zero-order valence-electron chi connectivity index (χ0n) is 9.90. The van der Waals surface area contributed by atoms with Gasteiger partial charge in [-0.2, -0.15) is 13.2 Å². The molecular formula is C12H14Cl2F3N. The highest BCUT2D eigenvalue weighted by molar-refractivity contribution is 6.18. The van der Waals surface area contributed by atoms with Crippen molar-refractivity contribution in [3.8, 4) is 0 Å². The number of halogens is 5. The van der Waals surface area contributed by atoms with Crippen molar-refractivity contribution in [1.82, 2.24) is 0 Å². The minimum atomic E-state index is -4.38. The molecule has 0 saturated carbocycles. The van der Waals surface area contributed by atoms with Gasteiger partial charge in [-0.1, -0.05) is 11.6 Å². The summed E-state index contributed by atoms with van der Waals surface area (Å²) in [5.74, 6) is 0.504. The quantitative estimate of drug-likeness (QED) is 0.733. The maximum Gasteiger partial charge on any atom is 0.418 e. The van der Waals surface area contributed by atoms with Crippen LogP contribution in [0.5, 0.6) is 0 Å². The van der Waals surface area contributed by atoms with Crippen molar-refractivity contribution in [2.45, 2.75) is 13.1 Å². The average Bonchev–Trinajstić information content (AvgIpc) is 2.27. The summed E-state index contributed by atoms with van der Waals surface area (Å²) in [4.78, 5) is 1.56. The van der Waals surface area contributed by atoms with Gasteiger partial charge in [-0.25, -0.2) is 0 Å². The van der Waals surface area contributed by atoms with Gasteiger partial charge in [-0.3, -0.25) is 0 Å². The molecule has 0 aliphatic heterocycles. The van der Waals surface area contributed by atoms with Gasteiger partial charge in [0.05, 0.1) is 5.56 Å². The first kappa shape index (κ1) is 15.4. The van der Waals surface area contributed by atoms with E-state index in [0.717, 1.165) is 6.07 Å². The highest BCUT2D eigenvalue weighted by Crippen LogP contribution is 2.37. The second-order valence-electron chi connectivity index (χ2n) is 3.88. The normalized spacial score (nSPS) is 11.7. The van der Waals surface area contributed by atoms with Crippen LogP contribution in [0.3, 0.4) is 0 Å². The molecule has 0 aliphatic rings. The number of aryl methyl sites for hydroxylation is 1. The zero-order chi connectivity index (χ0) is 13.8. The lowest BCUT2D eigenvalue weighted by Gasteiger charge is -2.26. The lowest BCUT2D eigenvalue weighted by molar-refractivity contribution is -0.137. The number of rotatable bonds is 5. The third-order valence-electron chi connectivity index (χ3n) is 2.51. The molecular weight excluding hydrogens is 286 g/mol. The van der Waals surface area contributed by atoms with E-state index in [2.05, 4.69) is 0 Å². The Morgan fingerprint density at radius 3 is 2.11 bits per heavy atom. The van der Waals surface area contributed by atoms with E-state index < -0.39 is 11.7 Å². The minimum Gasteiger partial charge on any atom is -0.369 e. The average molecular weight is 300 g/mol. The van der Waals surface area contributed by atoms with Crippen LogP contribution < -0.4 is 4.90 Å². The summed E-state index contributed by atoms with van der Waals surface area (Å²) in [6, 6.07) is 4.27. The maximum atomic E-state index is 13.0. The number of alkyl halides is 5. The fourth-order valence-electron chi connectivity index (χ4n) is 1.71. The van der Waals surface area contributed by atoms with Gasteiger partial charge in [0, 0.05) is 30.5 Å². The molecule has 1 nitrogen and oxygen atoms in total. The SMILES string of the molecule is Cc1ccc(N(CCCl)CCCl)c(C(F)(F)F)c1. The van der Waals surface area contributed by atoms with Crippen LogP contribution in [0.1, 0.15) is 11.1 Å². The fraction of sp³-hybridized carbons (Fsp3) is 0.500. The van der Waals surface area contributed by atoms with E-state index in [4.69, 9.17) is 23.2 Å². The smallest absolute Gasteiger partial charge is 0.369 e. The summed E-state index contributed by atoms with van der Waals surface area (Å²) >= 11 is 11.2. The van der Waals surface area contributed by atoms with Gasteiger partial charge in [0.15, 0.2) is 0 Å². The third-order valence-corrected chi connectivity index (χ3v) is 2.85. The van der Waals surface area contributed by atoms with Crippen molar-refractivity contribution >= 4 is 28.9 Å². The van der Waals surface area contributed by atoms with Gasteiger partial charge in [-0.15, -0.1) is 23.2 Å². The standard InChI is InChI=1S/C12H14Cl2F3N/c1-9-2-3-11(10(8-9)12(15,16)17)18(6-4-13)7-5-14/h2-3,8H,4-7H2,1H3. The van der Waals surface area contributed by atoms with Crippen molar-refractivity contribution in [2.75, 3.05) is 29.7 Å². The van der Waals surface area contributed by atoms with E-state index in [9.17, 15) is 13.2 Å². The fourth-order valence-corrected chi connectivity index (χ4v) is 2.12. The molecule has 0 N–H and O–H groups in total. The number of benzene rings is 1. The van der Waals surface area contributed by atoms with Crippen LogP contribution in [0.15, 0.2) is 18.2 Å². The van der Waals surface area contributed by atoms with Gasteiger partial charge >= 0.3 is 6.18 Å². The molecule has 6 heteroatoms. The Morgan fingerprint density at radius 1 is 1.11 bits per heavy atom. The Hall–Kier alpha value is -0.610. The van der Waals surface area contributed by atoms with Gasteiger partial charge in [0.25, 0.3) is 0 Å². The van der Waals surface area contributed by atoms with E-state index >= 15 is 0 Å². The summed E-state index contributed by atoms with van der Waals surface area (Å²) in [7, 11) is 0. The molecule has 0 heterocycles. The minimum absolute atomic E-state index is 0.134. The number of anilines is 1. The van der Waals surface area contributed by atoms with Crippen LogP contribution in [0.25, 0.3) is 0 Å². The predicted molar refractivity (Wildman–Crippen MR) is 69.8 cm³/mol. The van der Waals surface area contributed by atoms with Crippen LogP contribution in [-0.4, -0.2) is 24.8 Å². The van der Waals surface area contributed by atoms with Crippen molar-refractivity contribution < 1.29 is 13.2 Å². The second kappa shape index (κ2) is 6.53. The van der Waals surface area contributed by atoms with Crippen molar-refractivity contribution in [1.29, 1.82) is 0 Å².